The highest BCUT2D eigenvalue weighted by molar-refractivity contribution is 5.91. The second-order valence-electron chi connectivity index (χ2n) is 8.94. The maximum atomic E-state index is 12.4. The minimum Gasteiger partial charge on any atom is -0.483 e. The fraction of sp³-hybridized carbons (Fsp3) is 0.286. The SMILES string of the molecule is Cc1ccc(C(C)C)c(OCC(=O)Nc2ccc(Cc3nc4cc(C)cc(C)c4o3)cc2)c1. The first-order chi connectivity index (χ1) is 15.8. The second-order valence-corrected chi connectivity index (χ2v) is 8.94. The van der Waals surface area contributed by atoms with Crippen LogP contribution >= 0.6 is 0 Å². The third-order valence-electron chi connectivity index (χ3n) is 5.61. The van der Waals surface area contributed by atoms with Crippen molar-refractivity contribution in [3.8, 4) is 5.75 Å². The van der Waals surface area contributed by atoms with Crippen LogP contribution in [-0.2, 0) is 11.2 Å². The molecule has 0 atom stereocenters. The molecule has 1 heterocycles. The van der Waals surface area contributed by atoms with Gasteiger partial charge in [-0.25, -0.2) is 4.98 Å². The van der Waals surface area contributed by atoms with Crippen LogP contribution in [0.4, 0.5) is 5.69 Å². The Morgan fingerprint density at radius 1 is 1.00 bits per heavy atom. The molecule has 5 nitrogen and oxygen atoms in total. The Morgan fingerprint density at radius 2 is 1.76 bits per heavy atom. The molecule has 4 rings (SSSR count). The molecule has 0 saturated heterocycles. The summed E-state index contributed by atoms with van der Waals surface area (Å²) in [4.78, 5) is 17.1. The summed E-state index contributed by atoms with van der Waals surface area (Å²) in [5.74, 6) is 1.58. The molecule has 0 aliphatic heterocycles. The smallest absolute Gasteiger partial charge is 0.262 e. The third kappa shape index (κ3) is 5.43. The number of oxazole rings is 1. The van der Waals surface area contributed by atoms with Gasteiger partial charge in [-0.15, -0.1) is 0 Å². The Morgan fingerprint density at radius 3 is 2.48 bits per heavy atom. The van der Waals surface area contributed by atoms with Crippen LogP contribution in [0.2, 0.25) is 0 Å². The zero-order valence-electron chi connectivity index (χ0n) is 19.9. The summed E-state index contributed by atoms with van der Waals surface area (Å²) in [6.45, 7) is 10.3. The fourth-order valence-corrected chi connectivity index (χ4v) is 3.96. The molecule has 0 aliphatic rings. The van der Waals surface area contributed by atoms with Crippen molar-refractivity contribution in [2.24, 2.45) is 0 Å². The lowest BCUT2D eigenvalue weighted by Crippen LogP contribution is -2.20. The number of hydrogen-bond donors (Lipinski definition) is 1. The molecule has 0 spiro atoms. The number of fused-ring (bicyclic) bond motifs is 1. The molecular weight excluding hydrogens is 412 g/mol. The van der Waals surface area contributed by atoms with E-state index in [9.17, 15) is 4.79 Å². The van der Waals surface area contributed by atoms with Crippen molar-refractivity contribution in [1.82, 2.24) is 4.98 Å². The Labute approximate surface area is 194 Å². The minimum atomic E-state index is -0.191. The number of ether oxygens (including phenoxy) is 1. The highest BCUT2D eigenvalue weighted by atomic mass is 16.5. The predicted octanol–water partition coefficient (Wildman–Crippen LogP) is 6.48. The fourth-order valence-electron chi connectivity index (χ4n) is 3.96. The first-order valence-electron chi connectivity index (χ1n) is 11.3. The number of amides is 1. The van der Waals surface area contributed by atoms with Gasteiger partial charge in [0.05, 0.1) is 0 Å². The molecule has 1 amide bonds. The van der Waals surface area contributed by atoms with E-state index in [-0.39, 0.29) is 12.5 Å². The van der Waals surface area contributed by atoms with Crippen LogP contribution in [0.25, 0.3) is 11.1 Å². The van der Waals surface area contributed by atoms with Crippen LogP contribution < -0.4 is 10.1 Å². The molecule has 0 bridgehead atoms. The molecule has 5 heteroatoms. The molecule has 170 valence electrons. The minimum absolute atomic E-state index is 0.0351. The Hall–Kier alpha value is -3.60. The van der Waals surface area contributed by atoms with Gasteiger partial charge >= 0.3 is 0 Å². The van der Waals surface area contributed by atoms with Crippen LogP contribution in [0.1, 0.15) is 53.5 Å². The largest absolute Gasteiger partial charge is 0.483 e. The quantitative estimate of drug-likeness (QED) is 0.355. The van der Waals surface area contributed by atoms with Gasteiger partial charge in [-0.3, -0.25) is 4.79 Å². The van der Waals surface area contributed by atoms with E-state index in [4.69, 9.17) is 9.15 Å². The number of carbonyl (C=O) groups excluding carboxylic acids is 1. The number of anilines is 1. The predicted molar refractivity (Wildman–Crippen MR) is 132 cm³/mol. The number of rotatable bonds is 7. The van der Waals surface area contributed by atoms with Gasteiger partial charge in [0.1, 0.15) is 11.3 Å². The molecule has 0 fully saturated rings. The van der Waals surface area contributed by atoms with Crippen LogP contribution in [0.5, 0.6) is 5.75 Å². The lowest BCUT2D eigenvalue weighted by molar-refractivity contribution is -0.118. The first-order valence-corrected chi connectivity index (χ1v) is 11.3. The topological polar surface area (TPSA) is 64.4 Å². The lowest BCUT2D eigenvalue weighted by atomic mass is 10.0. The Kier molecular flexibility index (Phi) is 6.50. The van der Waals surface area contributed by atoms with Crippen LogP contribution in [0.15, 0.2) is 59.0 Å². The molecule has 0 aliphatic carbocycles. The van der Waals surface area contributed by atoms with Crippen molar-refractivity contribution < 1.29 is 13.9 Å². The molecular formula is C28H30N2O3. The highest BCUT2D eigenvalue weighted by Crippen LogP contribution is 2.27. The van der Waals surface area contributed by atoms with Crippen molar-refractivity contribution in [1.29, 1.82) is 0 Å². The van der Waals surface area contributed by atoms with E-state index in [1.54, 1.807) is 0 Å². The maximum absolute atomic E-state index is 12.4. The average Bonchev–Trinajstić information content (AvgIpc) is 3.16. The molecule has 0 unspecified atom stereocenters. The molecule has 33 heavy (non-hydrogen) atoms. The Bertz CT molecular complexity index is 1290. The maximum Gasteiger partial charge on any atom is 0.262 e. The normalized spacial score (nSPS) is 11.2. The van der Waals surface area contributed by atoms with Gasteiger partial charge in [-0.1, -0.05) is 44.2 Å². The number of carbonyl (C=O) groups is 1. The summed E-state index contributed by atoms with van der Waals surface area (Å²) in [6.07, 6.45) is 0.593. The van der Waals surface area contributed by atoms with Crippen LogP contribution in [-0.4, -0.2) is 17.5 Å². The zero-order chi connectivity index (χ0) is 23.5. The van der Waals surface area contributed by atoms with Gasteiger partial charge < -0.3 is 14.5 Å². The number of aromatic nitrogens is 1. The van der Waals surface area contributed by atoms with E-state index in [1.165, 1.54) is 5.56 Å². The van der Waals surface area contributed by atoms with E-state index >= 15 is 0 Å². The van der Waals surface area contributed by atoms with E-state index in [2.05, 4.69) is 49.3 Å². The van der Waals surface area contributed by atoms with Gasteiger partial charge in [-0.05, 0) is 78.8 Å². The van der Waals surface area contributed by atoms with E-state index < -0.39 is 0 Å². The van der Waals surface area contributed by atoms with Gasteiger partial charge in [-0.2, -0.15) is 0 Å². The molecule has 0 radical (unpaired) electrons. The van der Waals surface area contributed by atoms with E-state index in [1.807, 2.05) is 50.2 Å². The third-order valence-corrected chi connectivity index (χ3v) is 5.61. The molecule has 1 N–H and O–H groups in total. The summed E-state index contributed by atoms with van der Waals surface area (Å²) in [7, 11) is 0. The van der Waals surface area contributed by atoms with Crippen LogP contribution in [0, 0.1) is 20.8 Å². The van der Waals surface area contributed by atoms with Crippen molar-refractivity contribution in [2.75, 3.05) is 11.9 Å². The summed E-state index contributed by atoms with van der Waals surface area (Å²) in [5, 5.41) is 2.90. The first kappa shape index (κ1) is 22.6. The van der Waals surface area contributed by atoms with Crippen molar-refractivity contribution in [3.05, 3.63) is 88.3 Å². The molecule has 4 aromatic rings. The molecule has 0 saturated carbocycles. The number of aryl methyl sites for hydroxylation is 3. The number of benzene rings is 3. The van der Waals surface area contributed by atoms with E-state index in [0.29, 0.717) is 18.2 Å². The van der Waals surface area contributed by atoms with Crippen molar-refractivity contribution in [3.63, 3.8) is 0 Å². The Balaban J connectivity index is 1.36. The molecule has 1 aromatic heterocycles. The van der Waals surface area contributed by atoms with Crippen molar-refractivity contribution >= 4 is 22.7 Å². The summed E-state index contributed by atoms with van der Waals surface area (Å²) in [6, 6.07) is 18.0. The summed E-state index contributed by atoms with van der Waals surface area (Å²) in [5.41, 5.74) is 7.99. The monoisotopic (exact) mass is 442 g/mol. The second kappa shape index (κ2) is 9.49. The summed E-state index contributed by atoms with van der Waals surface area (Å²) >= 11 is 0. The van der Waals surface area contributed by atoms with E-state index in [0.717, 1.165) is 44.8 Å². The standard InChI is InChI=1S/C28H30N2O3/c1-17(2)23-11-6-18(3)14-25(23)32-16-26(31)29-22-9-7-21(8-10-22)15-27-30-24-13-19(4)12-20(5)28(24)33-27/h6-14,17H,15-16H2,1-5H3,(H,29,31). The van der Waals surface area contributed by atoms with Gasteiger partial charge in [0.15, 0.2) is 18.1 Å². The lowest BCUT2D eigenvalue weighted by Gasteiger charge is -2.15. The zero-order valence-corrected chi connectivity index (χ0v) is 19.9. The van der Waals surface area contributed by atoms with Crippen molar-refractivity contribution in [2.45, 2.75) is 47.0 Å². The summed E-state index contributed by atoms with van der Waals surface area (Å²) < 4.78 is 11.8. The van der Waals surface area contributed by atoms with Gasteiger partial charge in [0, 0.05) is 12.1 Å². The number of nitrogens with one attached hydrogen (secondary N) is 1. The molecule has 3 aromatic carbocycles. The van der Waals surface area contributed by atoms with Gasteiger partial charge in [0.2, 0.25) is 0 Å². The number of hydrogen-bond acceptors (Lipinski definition) is 4. The highest BCUT2D eigenvalue weighted by Gasteiger charge is 2.12. The average molecular weight is 443 g/mol. The van der Waals surface area contributed by atoms with Gasteiger partial charge in [0.25, 0.3) is 5.91 Å². The number of nitrogens with zero attached hydrogens (tertiary/aromatic N) is 1. The van der Waals surface area contributed by atoms with Crippen LogP contribution in [0.3, 0.4) is 0 Å².